The Morgan fingerprint density at radius 2 is 1.86 bits per heavy atom. The first-order valence-corrected chi connectivity index (χ1v) is 9.60. The van der Waals surface area contributed by atoms with Crippen molar-refractivity contribution in [1.82, 2.24) is 0 Å². The molecular formula is C11H15FN2O5S2. The Kier molecular flexibility index (Phi) is 5.29. The second-order valence-corrected chi connectivity index (χ2v) is 8.95. The van der Waals surface area contributed by atoms with Gasteiger partial charge in [-0.15, -0.1) is 0 Å². The fraction of sp³-hybridized carbons (Fsp3) is 0.364. The van der Waals surface area contributed by atoms with Crippen molar-refractivity contribution in [3.63, 3.8) is 0 Å². The fourth-order valence-corrected chi connectivity index (χ4v) is 4.21. The number of nitrogens with two attached hydrogens (primary N) is 1. The maximum Gasteiger partial charge on any atom is 0.239 e. The van der Waals surface area contributed by atoms with Crippen LogP contribution in [0.1, 0.15) is 0 Å². The minimum absolute atomic E-state index is 0.150. The number of halogens is 1. The highest BCUT2D eigenvalue weighted by molar-refractivity contribution is 7.95. The zero-order valence-corrected chi connectivity index (χ0v) is 12.8. The topological polar surface area (TPSA) is 123 Å². The van der Waals surface area contributed by atoms with Crippen LogP contribution in [0.5, 0.6) is 0 Å². The van der Waals surface area contributed by atoms with Crippen molar-refractivity contribution < 1.29 is 26.0 Å². The zero-order valence-electron chi connectivity index (χ0n) is 11.2. The molecule has 0 aliphatic carbocycles. The van der Waals surface area contributed by atoms with Gasteiger partial charge in [0.25, 0.3) is 0 Å². The smallest absolute Gasteiger partial charge is 0.239 e. The fourth-order valence-electron chi connectivity index (χ4n) is 1.37. The van der Waals surface area contributed by atoms with Crippen LogP contribution in [-0.4, -0.2) is 46.3 Å². The van der Waals surface area contributed by atoms with E-state index >= 15 is 0 Å². The number of carbonyl (C=O) groups excluding carboxylic acids is 1. The number of benzene rings is 1. The molecule has 0 unspecified atom stereocenters. The molecule has 0 atom stereocenters. The average molecular weight is 338 g/mol. The third-order valence-electron chi connectivity index (χ3n) is 2.40. The van der Waals surface area contributed by atoms with Crippen LogP contribution in [0, 0.1) is 5.82 Å². The number of rotatable bonds is 6. The lowest BCUT2D eigenvalue weighted by atomic mass is 10.2. The van der Waals surface area contributed by atoms with Crippen molar-refractivity contribution in [1.29, 1.82) is 0 Å². The zero-order chi connectivity index (χ0) is 16.3. The molecule has 0 spiro atoms. The van der Waals surface area contributed by atoms with Crippen molar-refractivity contribution in [2.75, 3.05) is 34.6 Å². The maximum atomic E-state index is 12.9. The molecule has 118 valence electrons. The van der Waals surface area contributed by atoms with Crippen molar-refractivity contribution in [2.45, 2.75) is 0 Å². The van der Waals surface area contributed by atoms with Gasteiger partial charge in [0.15, 0.2) is 9.84 Å². The quantitative estimate of drug-likeness (QED) is 0.693. The summed E-state index contributed by atoms with van der Waals surface area (Å²) < 4.78 is 57.9. The Labute approximate surface area is 122 Å². The van der Waals surface area contributed by atoms with Gasteiger partial charge in [0.05, 0.1) is 17.2 Å². The molecule has 21 heavy (non-hydrogen) atoms. The van der Waals surface area contributed by atoms with E-state index in [1.54, 1.807) is 0 Å². The summed E-state index contributed by atoms with van der Waals surface area (Å²) in [4.78, 5) is 11.6. The Hall–Kier alpha value is -1.68. The van der Waals surface area contributed by atoms with Crippen LogP contribution < -0.4 is 11.1 Å². The van der Waals surface area contributed by atoms with Gasteiger partial charge in [-0.05, 0) is 18.2 Å². The summed E-state index contributed by atoms with van der Waals surface area (Å²) in [6.07, 6.45) is 0.907. The molecule has 0 aromatic heterocycles. The van der Waals surface area contributed by atoms with Gasteiger partial charge in [-0.2, -0.15) is 0 Å². The van der Waals surface area contributed by atoms with E-state index in [2.05, 4.69) is 5.32 Å². The number of amides is 1. The van der Waals surface area contributed by atoms with E-state index in [1.807, 2.05) is 0 Å². The second kappa shape index (κ2) is 6.39. The Morgan fingerprint density at radius 3 is 2.38 bits per heavy atom. The van der Waals surface area contributed by atoms with Crippen molar-refractivity contribution in [2.24, 2.45) is 0 Å². The van der Waals surface area contributed by atoms with Crippen LogP contribution in [0.15, 0.2) is 18.2 Å². The lowest BCUT2D eigenvalue weighted by Gasteiger charge is -2.07. The van der Waals surface area contributed by atoms with Gasteiger partial charge >= 0.3 is 0 Å². The average Bonchev–Trinajstić information content (AvgIpc) is 2.30. The normalized spacial score (nSPS) is 12.1. The number of nitrogens with one attached hydrogen (secondary N) is 1. The van der Waals surface area contributed by atoms with Gasteiger partial charge in [0.1, 0.15) is 21.4 Å². The molecule has 0 saturated carbocycles. The van der Waals surface area contributed by atoms with Crippen molar-refractivity contribution >= 4 is 37.0 Å². The number of sulfone groups is 2. The molecule has 1 amide bonds. The molecule has 0 bridgehead atoms. The van der Waals surface area contributed by atoms with E-state index < -0.39 is 48.7 Å². The number of carbonyl (C=O) groups is 1. The Bertz CT molecular complexity index is 744. The molecule has 0 radical (unpaired) electrons. The van der Waals surface area contributed by atoms with Gasteiger partial charge in [-0.25, -0.2) is 21.2 Å². The minimum Gasteiger partial charge on any atom is -0.396 e. The predicted octanol–water partition coefficient (Wildman–Crippen LogP) is -0.194. The first-order chi connectivity index (χ1) is 9.48. The lowest BCUT2D eigenvalue weighted by molar-refractivity contribution is -0.113. The maximum absolute atomic E-state index is 12.9. The summed E-state index contributed by atoms with van der Waals surface area (Å²) in [6.45, 7) is 0. The lowest BCUT2D eigenvalue weighted by Crippen LogP contribution is -2.27. The molecule has 1 aromatic rings. The van der Waals surface area contributed by atoms with Crippen LogP contribution in [-0.2, 0) is 24.5 Å². The van der Waals surface area contributed by atoms with Gasteiger partial charge in [0, 0.05) is 11.9 Å². The highest BCUT2D eigenvalue weighted by atomic mass is 32.2. The highest BCUT2D eigenvalue weighted by Crippen LogP contribution is 2.16. The molecule has 1 rings (SSSR count). The van der Waals surface area contributed by atoms with Crippen molar-refractivity contribution in [3.05, 3.63) is 24.0 Å². The number of hydrogen-bond acceptors (Lipinski definition) is 6. The van der Waals surface area contributed by atoms with Gasteiger partial charge in [0.2, 0.25) is 5.91 Å². The molecule has 10 heteroatoms. The largest absolute Gasteiger partial charge is 0.396 e. The second-order valence-electron chi connectivity index (χ2n) is 4.51. The van der Waals surface area contributed by atoms with Gasteiger partial charge in [-0.1, -0.05) is 0 Å². The molecule has 7 nitrogen and oxygen atoms in total. The molecule has 0 heterocycles. The van der Waals surface area contributed by atoms with Crippen LogP contribution in [0.3, 0.4) is 0 Å². The van der Waals surface area contributed by atoms with Crippen LogP contribution >= 0.6 is 0 Å². The molecular weight excluding hydrogens is 323 g/mol. The van der Waals surface area contributed by atoms with Crippen LogP contribution in [0.4, 0.5) is 15.8 Å². The monoisotopic (exact) mass is 338 g/mol. The molecule has 0 fully saturated rings. The van der Waals surface area contributed by atoms with E-state index in [9.17, 15) is 26.0 Å². The number of anilines is 2. The summed E-state index contributed by atoms with van der Waals surface area (Å²) in [6, 6.07) is 3.41. The Morgan fingerprint density at radius 1 is 1.24 bits per heavy atom. The molecule has 0 saturated heterocycles. The molecule has 0 aliphatic heterocycles. The standard InChI is InChI=1S/C11H15FN2O5S2/c1-20(16,17)4-5-21(18,19)7-11(15)14-8-2-3-9(12)10(13)6-8/h2-3,6H,4-5,7,13H2,1H3,(H,14,15). The first-order valence-electron chi connectivity index (χ1n) is 5.71. The van der Waals surface area contributed by atoms with Crippen LogP contribution in [0.25, 0.3) is 0 Å². The van der Waals surface area contributed by atoms with E-state index in [4.69, 9.17) is 5.73 Å². The van der Waals surface area contributed by atoms with Gasteiger partial charge in [-0.3, -0.25) is 4.79 Å². The third-order valence-corrected chi connectivity index (χ3v) is 5.13. The molecule has 3 N–H and O–H groups in total. The predicted molar refractivity (Wildman–Crippen MR) is 77.8 cm³/mol. The van der Waals surface area contributed by atoms with E-state index in [1.165, 1.54) is 6.07 Å². The first kappa shape index (κ1) is 17.4. The summed E-state index contributed by atoms with van der Waals surface area (Å²) in [5.74, 6) is -3.56. The summed E-state index contributed by atoms with van der Waals surface area (Å²) in [7, 11) is -7.28. The van der Waals surface area contributed by atoms with Crippen molar-refractivity contribution in [3.8, 4) is 0 Å². The van der Waals surface area contributed by atoms with E-state index in [-0.39, 0.29) is 11.4 Å². The summed E-state index contributed by atoms with van der Waals surface area (Å²) in [5, 5.41) is 2.25. The SMILES string of the molecule is CS(=O)(=O)CCS(=O)(=O)CC(=O)Nc1ccc(F)c(N)c1. The number of nitrogen functional groups attached to an aromatic ring is 1. The third kappa shape index (κ3) is 6.54. The van der Waals surface area contributed by atoms with Gasteiger partial charge < -0.3 is 11.1 Å². The van der Waals surface area contributed by atoms with E-state index in [0.29, 0.717) is 0 Å². The Balaban J connectivity index is 2.66. The molecule has 1 aromatic carbocycles. The minimum atomic E-state index is -3.85. The van der Waals surface area contributed by atoms with Crippen LogP contribution in [0.2, 0.25) is 0 Å². The van der Waals surface area contributed by atoms with E-state index in [0.717, 1.165) is 18.4 Å². The summed E-state index contributed by atoms with van der Waals surface area (Å²) in [5.41, 5.74) is 5.27. The summed E-state index contributed by atoms with van der Waals surface area (Å²) >= 11 is 0. The molecule has 0 aliphatic rings. The number of hydrogen-bond donors (Lipinski definition) is 2. The highest BCUT2D eigenvalue weighted by Gasteiger charge is 2.19.